The summed E-state index contributed by atoms with van der Waals surface area (Å²) in [6, 6.07) is -0.598. The highest BCUT2D eigenvalue weighted by Crippen LogP contribution is 2.22. The van der Waals surface area contributed by atoms with E-state index in [1.165, 1.54) is 45.9 Å². The van der Waals surface area contributed by atoms with Crippen molar-refractivity contribution in [3.8, 4) is 0 Å². The highest BCUT2D eigenvalue weighted by atomic mass is 16.2. The van der Waals surface area contributed by atoms with Crippen molar-refractivity contribution in [1.82, 2.24) is 14.7 Å². The summed E-state index contributed by atoms with van der Waals surface area (Å²) in [5.41, 5.74) is 0.0201. The Bertz CT molecular complexity index is 519. The molecule has 0 saturated carbocycles. The predicted molar refractivity (Wildman–Crippen MR) is 87.4 cm³/mol. The van der Waals surface area contributed by atoms with Crippen LogP contribution in [0.25, 0.3) is 0 Å². The van der Waals surface area contributed by atoms with Crippen molar-refractivity contribution in [1.29, 1.82) is 0 Å². The van der Waals surface area contributed by atoms with E-state index < -0.39 is 17.8 Å². The zero-order chi connectivity index (χ0) is 17.0. The van der Waals surface area contributed by atoms with Crippen LogP contribution in [0.1, 0.15) is 32.6 Å². The number of hydrogen-bond donors (Lipinski definition) is 0. The maximum absolute atomic E-state index is 12.0. The molecule has 2 rings (SSSR count). The van der Waals surface area contributed by atoms with Gasteiger partial charge in [-0.2, -0.15) is 0 Å². The number of likely N-dealkylation sites (tertiary alicyclic amines) is 1. The lowest BCUT2D eigenvalue weighted by Crippen LogP contribution is -2.53. The SMILES string of the molecule is CCCC1CCN(/C=C/C=C2C(=O)N(C)C(=O)N(C)C2=O)CC1. The van der Waals surface area contributed by atoms with E-state index in [4.69, 9.17) is 0 Å². The van der Waals surface area contributed by atoms with Crippen molar-refractivity contribution in [2.75, 3.05) is 27.2 Å². The number of imide groups is 2. The first kappa shape index (κ1) is 17.2. The summed E-state index contributed by atoms with van der Waals surface area (Å²) in [7, 11) is 2.76. The minimum absolute atomic E-state index is 0.0201. The molecule has 0 aromatic rings. The van der Waals surface area contributed by atoms with Crippen molar-refractivity contribution in [3.05, 3.63) is 23.9 Å². The quantitative estimate of drug-likeness (QED) is 0.587. The van der Waals surface area contributed by atoms with Gasteiger partial charge in [-0.05, 0) is 37.1 Å². The van der Waals surface area contributed by atoms with Crippen molar-refractivity contribution in [3.63, 3.8) is 0 Å². The van der Waals surface area contributed by atoms with Gasteiger partial charge in [-0.1, -0.05) is 19.8 Å². The summed E-state index contributed by atoms with van der Waals surface area (Å²) in [5, 5.41) is 0. The summed E-state index contributed by atoms with van der Waals surface area (Å²) < 4.78 is 0. The first-order valence-corrected chi connectivity index (χ1v) is 8.18. The van der Waals surface area contributed by atoms with Gasteiger partial charge in [0.05, 0.1) is 0 Å². The average Bonchev–Trinajstić information content (AvgIpc) is 2.56. The Balaban J connectivity index is 1.98. The van der Waals surface area contributed by atoms with E-state index in [9.17, 15) is 14.4 Å². The van der Waals surface area contributed by atoms with Gasteiger partial charge < -0.3 is 4.90 Å². The Morgan fingerprint density at radius 1 is 1.04 bits per heavy atom. The van der Waals surface area contributed by atoms with E-state index in [-0.39, 0.29) is 5.57 Å². The Labute approximate surface area is 137 Å². The van der Waals surface area contributed by atoms with Crippen LogP contribution in [0.2, 0.25) is 0 Å². The van der Waals surface area contributed by atoms with E-state index >= 15 is 0 Å². The maximum Gasteiger partial charge on any atom is 0.333 e. The topological polar surface area (TPSA) is 60.9 Å². The highest BCUT2D eigenvalue weighted by molar-refractivity contribution is 6.28. The molecule has 23 heavy (non-hydrogen) atoms. The molecular formula is C17H25N3O3. The number of carbonyl (C=O) groups excluding carboxylic acids is 3. The van der Waals surface area contributed by atoms with Crippen LogP contribution in [0.3, 0.4) is 0 Å². The Hall–Kier alpha value is -2.11. The van der Waals surface area contributed by atoms with Gasteiger partial charge in [0.25, 0.3) is 11.8 Å². The van der Waals surface area contributed by atoms with E-state index in [1.54, 1.807) is 6.08 Å². The fraction of sp³-hybridized carbons (Fsp3) is 0.588. The molecular weight excluding hydrogens is 294 g/mol. The number of carbonyl (C=O) groups is 3. The molecule has 0 atom stereocenters. The first-order chi connectivity index (χ1) is 11.0. The summed E-state index contributed by atoms with van der Waals surface area (Å²) in [6.45, 7) is 4.23. The van der Waals surface area contributed by atoms with Crippen LogP contribution in [0.4, 0.5) is 4.79 Å². The van der Waals surface area contributed by atoms with Crippen molar-refractivity contribution < 1.29 is 14.4 Å². The van der Waals surface area contributed by atoms with Crippen molar-refractivity contribution in [2.45, 2.75) is 32.6 Å². The first-order valence-electron chi connectivity index (χ1n) is 8.18. The summed E-state index contributed by atoms with van der Waals surface area (Å²) in [4.78, 5) is 39.8. The zero-order valence-electron chi connectivity index (χ0n) is 14.1. The lowest BCUT2D eigenvalue weighted by atomic mass is 9.93. The lowest BCUT2D eigenvalue weighted by Gasteiger charge is -2.31. The lowest BCUT2D eigenvalue weighted by molar-refractivity contribution is -0.134. The molecule has 2 saturated heterocycles. The highest BCUT2D eigenvalue weighted by Gasteiger charge is 2.37. The molecule has 4 amide bonds. The number of allylic oxidation sites excluding steroid dienone is 2. The number of likely N-dealkylation sites (N-methyl/N-ethyl adjacent to an activating group) is 2. The second-order valence-corrected chi connectivity index (χ2v) is 6.20. The fourth-order valence-corrected chi connectivity index (χ4v) is 3.05. The number of hydrogen-bond acceptors (Lipinski definition) is 4. The third-order valence-corrected chi connectivity index (χ3v) is 4.55. The molecule has 2 fully saturated rings. The van der Waals surface area contributed by atoms with Crippen LogP contribution in [0.5, 0.6) is 0 Å². The Morgan fingerprint density at radius 3 is 2.13 bits per heavy atom. The average molecular weight is 319 g/mol. The maximum atomic E-state index is 12.0. The van der Waals surface area contributed by atoms with Gasteiger partial charge in [0.15, 0.2) is 0 Å². The number of urea groups is 1. The summed E-state index contributed by atoms with van der Waals surface area (Å²) >= 11 is 0. The molecule has 0 N–H and O–H groups in total. The van der Waals surface area contributed by atoms with Gasteiger partial charge in [-0.15, -0.1) is 0 Å². The Kier molecular flexibility index (Phi) is 5.58. The number of barbiturate groups is 1. The summed E-state index contributed by atoms with van der Waals surface area (Å²) in [5.74, 6) is -0.286. The predicted octanol–water partition coefficient (Wildman–Crippen LogP) is 1.99. The molecule has 6 heteroatoms. The van der Waals surface area contributed by atoms with Gasteiger partial charge in [0.2, 0.25) is 0 Å². The molecule has 0 aliphatic carbocycles. The molecule has 0 unspecified atom stereocenters. The second kappa shape index (κ2) is 7.44. The molecule has 2 aliphatic rings. The molecule has 0 radical (unpaired) electrons. The number of rotatable bonds is 4. The minimum atomic E-state index is -0.598. The molecule has 126 valence electrons. The van der Waals surface area contributed by atoms with Gasteiger partial charge >= 0.3 is 6.03 Å². The molecule has 0 bridgehead atoms. The molecule has 6 nitrogen and oxygen atoms in total. The smallest absolute Gasteiger partial charge is 0.333 e. The molecule has 0 spiro atoms. The summed E-state index contributed by atoms with van der Waals surface area (Å²) in [6.07, 6.45) is 10.0. The number of piperidine rings is 1. The molecule has 0 aromatic heterocycles. The van der Waals surface area contributed by atoms with Crippen molar-refractivity contribution in [2.24, 2.45) is 5.92 Å². The fourth-order valence-electron chi connectivity index (χ4n) is 3.05. The molecule has 2 heterocycles. The second-order valence-electron chi connectivity index (χ2n) is 6.20. The third-order valence-electron chi connectivity index (χ3n) is 4.55. The normalized spacial score (nSPS) is 20.9. The molecule has 0 aromatic carbocycles. The van der Waals surface area contributed by atoms with E-state index in [0.29, 0.717) is 0 Å². The van der Waals surface area contributed by atoms with Crippen LogP contribution >= 0.6 is 0 Å². The Morgan fingerprint density at radius 2 is 1.61 bits per heavy atom. The van der Waals surface area contributed by atoms with Crippen LogP contribution in [-0.2, 0) is 9.59 Å². The zero-order valence-corrected chi connectivity index (χ0v) is 14.1. The van der Waals surface area contributed by atoms with Gasteiger partial charge in [-0.3, -0.25) is 19.4 Å². The van der Waals surface area contributed by atoms with E-state index in [2.05, 4.69) is 11.8 Å². The third kappa shape index (κ3) is 3.81. The standard InChI is InChI=1S/C17H25N3O3/c1-4-6-13-8-11-20(12-9-13)10-5-7-14-15(21)18(2)17(23)19(3)16(14)22/h5,7,10,13H,4,6,8-9,11-12H2,1-3H3/b10-5+. The van der Waals surface area contributed by atoms with E-state index in [1.807, 2.05) is 6.20 Å². The number of nitrogens with zero attached hydrogens (tertiary/aromatic N) is 3. The van der Waals surface area contributed by atoms with Crippen LogP contribution < -0.4 is 0 Å². The van der Waals surface area contributed by atoms with Crippen LogP contribution in [0.15, 0.2) is 23.9 Å². The van der Waals surface area contributed by atoms with Crippen LogP contribution in [-0.4, -0.2) is 59.7 Å². The van der Waals surface area contributed by atoms with Gasteiger partial charge in [0, 0.05) is 27.2 Å². The van der Waals surface area contributed by atoms with Crippen LogP contribution in [0, 0.1) is 5.92 Å². The van der Waals surface area contributed by atoms with Crippen molar-refractivity contribution >= 4 is 17.8 Å². The minimum Gasteiger partial charge on any atom is -0.377 e. The monoisotopic (exact) mass is 319 g/mol. The largest absolute Gasteiger partial charge is 0.377 e. The van der Waals surface area contributed by atoms with Gasteiger partial charge in [-0.25, -0.2) is 4.79 Å². The molecule has 2 aliphatic heterocycles. The van der Waals surface area contributed by atoms with Gasteiger partial charge in [0.1, 0.15) is 5.57 Å². The van der Waals surface area contributed by atoms with E-state index in [0.717, 1.165) is 28.8 Å². The number of amides is 4.